The van der Waals surface area contributed by atoms with E-state index >= 15 is 0 Å². The zero-order valence-corrected chi connectivity index (χ0v) is 17.4. The maximum Gasteiger partial charge on any atom is 0.270 e. The highest BCUT2D eigenvalue weighted by Crippen LogP contribution is 2.44. The fourth-order valence-corrected chi connectivity index (χ4v) is 4.01. The van der Waals surface area contributed by atoms with Crippen molar-refractivity contribution in [2.75, 3.05) is 7.05 Å². The molecule has 0 bridgehead atoms. The molecule has 1 aromatic carbocycles. The first kappa shape index (κ1) is 21.6. The van der Waals surface area contributed by atoms with Crippen molar-refractivity contribution in [3.8, 4) is 6.07 Å². The number of nitrogens with zero attached hydrogens (tertiary/aromatic N) is 2. The Kier molecular flexibility index (Phi) is 6.63. The molecule has 2 unspecified atom stereocenters. The summed E-state index contributed by atoms with van der Waals surface area (Å²) in [5, 5.41) is 12.5. The van der Waals surface area contributed by atoms with Crippen molar-refractivity contribution in [2.24, 2.45) is 0 Å². The highest BCUT2D eigenvalue weighted by molar-refractivity contribution is 7.12. The minimum atomic E-state index is -2.87. The molecule has 0 amide bonds. The van der Waals surface area contributed by atoms with Crippen LogP contribution in [0, 0.1) is 11.3 Å². The Balaban J connectivity index is 0.00000136. The predicted octanol–water partition coefficient (Wildman–Crippen LogP) is 6.10. The van der Waals surface area contributed by atoms with E-state index in [1.165, 1.54) is 23.5 Å². The minimum Gasteiger partial charge on any atom is -0.363 e. The van der Waals surface area contributed by atoms with Crippen molar-refractivity contribution < 1.29 is 8.78 Å². The summed E-state index contributed by atoms with van der Waals surface area (Å²) in [5.74, 6) is -2.32. The van der Waals surface area contributed by atoms with Gasteiger partial charge in [-0.3, -0.25) is 0 Å². The summed E-state index contributed by atoms with van der Waals surface area (Å²) in [6, 6.07) is 12.0. The molecule has 1 aliphatic rings. The summed E-state index contributed by atoms with van der Waals surface area (Å²) in [4.78, 5) is 3.46. The first-order valence-electron chi connectivity index (χ1n) is 9.08. The molecule has 1 fully saturated rings. The van der Waals surface area contributed by atoms with Gasteiger partial charge < -0.3 is 10.2 Å². The molecule has 2 heterocycles. The van der Waals surface area contributed by atoms with Crippen LogP contribution in [0.4, 0.5) is 8.78 Å². The zero-order valence-electron chi connectivity index (χ0n) is 16.6. The fraction of sp³-hybridized carbons (Fsp3) is 0.318. The van der Waals surface area contributed by atoms with Gasteiger partial charge in [0.1, 0.15) is 10.9 Å². The van der Waals surface area contributed by atoms with Gasteiger partial charge in [-0.05, 0) is 17.7 Å². The quantitative estimate of drug-likeness (QED) is 0.675. The maximum atomic E-state index is 13.5. The van der Waals surface area contributed by atoms with Crippen LogP contribution in [0.25, 0.3) is 0 Å². The van der Waals surface area contributed by atoms with Crippen LogP contribution in [0.3, 0.4) is 0 Å². The summed E-state index contributed by atoms with van der Waals surface area (Å²) in [6.07, 6.45) is 0. The molecule has 3 rings (SSSR count). The number of hydrogen-bond donors (Lipinski definition) is 1. The van der Waals surface area contributed by atoms with E-state index in [1.807, 2.05) is 31.9 Å². The van der Waals surface area contributed by atoms with Crippen LogP contribution in [0.1, 0.15) is 53.6 Å². The molecule has 0 radical (unpaired) electrons. The molecular weight excluding hydrogens is 376 g/mol. The molecule has 1 aliphatic heterocycles. The number of nitriles is 1. The third-order valence-corrected chi connectivity index (χ3v) is 5.74. The van der Waals surface area contributed by atoms with Crippen LogP contribution < -0.4 is 5.32 Å². The maximum absolute atomic E-state index is 13.5. The number of alkyl halides is 2. The average molecular weight is 402 g/mol. The van der Waals surface area contributed by atoms with Gasteiger partial charge in [-0.15, -0.1) is 11.3 Å². The lowest BCUT2D eigenvalue weighted by Crippen LogP contribution is -2.41. The van der Waals surface area contributed by atoms with Crippen molar-refractivity contribution >= 4 is 11.3 Å². The van der Waals surface area contributed by atoms with Gasteiger partial charge in [0.05, 0.1) is 11.9 Å². The normalized spacial score (nSPS) is 19.4. The van der Waals surface area contributed by atoms with Crippen molar-refractivity contribution in [1.82, 2.24) is 10.2 Å². The SMILES string of the molecule is C=C1NC(c2ccc(C#N)s2)C(c2ccc(C(C)(F)F)cc2)C(=C)N1C.CC. The van der Waals surface area contributed by atoms with Gasteiger partial charge in [0.15, 0.2) is 0 Å². The summed E-state index contributed by atoms with van der Waals surface area (Å²) in [6.45, 7) is 13.1. The molecule has 0 aliphatic carbocycles. The Morgan fingerprint density at radius 2 is 1.75 bits per heavy atom. The van der Waals surface area contributed by atoms with Crippen LogP contribution in [-0.4, -0.2) is 11.9 Å². The van der Waals surface area contributed by atoms with Gasteiger partial charge in [-0.2, -0.15) is 5.26 Å². The molecule has 1 saturated heterocycles. The molecule has 6 heteroatoms. The smallest absolute Gasteiger partial charge is 0.270 e. The van der Waals surface area contributed by atoms with Gasteiger partial charge in [0.2, 0.25) is 0 Å². The largest absolute Gasteiger partial charge is 0.363 e. The molecule has 3 nitrogen and oxygen atoms in total. The minimum absolute atomic E-state index is 0.0205. The highest BCUT2D eigenvalue weighted by Gasteiger charge is 2.36. The average Bonchev–Trinajstić information content (AvgIpc) is 3.16. The summed E-state index contributed by atoms with van der Waals surface area (Å²) < 4.78 is 27.0. The van der Waals surface area contributed by atoms with Gasteiger partial charge in [0, 0.05) is 36.0 Å². The number of benzene rings is 1. The number of rotatable bonds is 3. The molecule has 1 aromatic heterocycles. The number of thiophene rings is 1. The van der Waals surface area contributed by atoms with Crippen molar-refractivity contribution in [3.05, 3.63) is 82.0 Å². The lowest BCUT2D eigenvalue weighted by atomic mass is 9.85. The number of halogens is 2. The van der Waals surface area contributed by atoms with E-state index in [9.17, 15) is 8.78 Å². The Bertz CT molecular complexity index is 888. The summed E-state index contributed by atoms with van der Waals surface area (Å²) in [7, 11) is 1.87. The first-order valence-corrected chi connectivity index (χ1v) is 9.90. The van der Waals surface area contributed by atoms with E-state index in [2.05, 4.69) is 24.5 Å². The third-order valence-electron chi connectivity index (χ3n) is 4.67. The molecule has 148 valence electrons. The number of nitrogens with one attached hydrogen (secondary N) is 1. The molecular formula is C22H25F2N3S. The standard InChI is InChI=1S/C20H19F2N3S.C2H6/c1-12-18(14-5-7-15(8-6-14)20(3,21)22)19(24-13(2)25(12)4)17-10-9-16(11-23)26-17;1-2/h5-10,18-19,24H,1-2H2,3-4H3;1-2H3. The van der Waals surface area contributed by atoms with Crippen LogP contribution >= 0.6 is 11.3 Å². The van der Waals surface area contributed by atoms with Crippen molar-refractivity contribution in [2.45, 2.75) is 38.7 Å². The second kappa shape index (κ2) is 8.57. The van der Waals surface area contributed by atoms with E-state index in [1.54, 1.807) is 18.2 Å². The van der Waals surface area contributed by atoms with E-state index < -0.39 is 5.92 Å². The summed E-state index contributed by atoms with van der Waals surface area (Å²) in [5.41, 5.74) is 1.68. The number of hydrogen-bond acceptors (Lipinski definition) is 4. The topological polar surface area (TPSA) is 39.1 Å². The first-order chi connectivity index (χ1) is 13.2. The molecule has 2 atom stereocenters. The van der Waals surface area contributed by atoms with Crippen LogP contribution in [-0.2, 0) is 5.92 Å². The van der Waals surface area contributed by atoms with Crippen molar-refractivity contribution in [3.63, 3.8) is 0 Å². The lowest BCUT2D eigenvalue weighted by Gasteiger charge is -2.42. The molecule has 2 aromatic rings. The van der Waals surface area contributed by atoms with E-state index in [0.717, 1.165) is 23.1 Å². The molecule has 0 saturated carbocycles. The van der Waals surface area contributed by atoms with Crippen LogP contribution in [0.5, 0.6) is 0 Å². The number of likely N-dealkylation sites (N-methyl/N-ethyl adjacent to an activating group) is 1. The van der Waals surface area contributed by atoms with Crippen molar-refractivity contribution in [1.29, 1.82) is 5.26 Å². The summed E-state index contributed by atoms with van der Waals surface area (Å²) >= 11 is 1.41. The second-order valence-electron chi connectivity index (χ2n) is 6.42. The predicted molar refractivity (Wildman–Crippen MR) is 111 cm³/mol. The Morgan fingerprint density at radius 3 is 2.25 bits per heavy atom. The van der Waals surface area contributed by atoms with E-state index in [-0.39, 0.29) is 17.5 Å². The Labute approximate surface area is 169 Å². The van der Waals surface area contributed by atoms with Gasteiger partial charge >= 0.3 is 0 Å². The van der Waals surface area contributed by atoms with E-state index in [0.29, 0.717) is 10.7 Å². The Morgan fingerprint density at radius 1 is 1.14 bits per heavy atom. The lowest BCUT2D eigenvalue weighted by molar-refractivity contribution is 0.0174. The monoisotopic (exact) mass is 401 g/mol. The van der Waals surface area contributed by atoms with E-state index in [4.69, 9.17) is 5.26 Å². The van der Waals surface area contributed by atoms with Crippen LogP contribution in [0.2, 0.25) is 0 Å². The second-order valence-corrected chi connectivity index (χ2v) is 7.54. The zero-order chi connectivity index (χ0) is 21.1. The molecule has 0 spiro atoms. The highest BCUT2D eigenvalue weighted by atomic mass is 32.1. The van der Waals surface area contributed by atoms with Gasteiger partial charge in [-0.25, -0.2) is 8.78 Å². The molecule has 28 heavy (non-hydrogen) atoms. The van der Waals surface area contributed by atoms with Gasteiger partial charge in [0.25, 0.3) is 5.92 Å². The van der Waals surface area contributed by atoms with Crippen LogP contribution in [0.15, 0.2) is 61.1 Å². The fourth-order valence-electron chi connectivity index (χ4n) is 3.12. The third kappa shape index (κ3) is 4.26. The van der Waals surface area contributed by atoms with Gasteiger partial charge in [-0.1, -0.05) is 51.3 Å². The Hall–Kier alpha value is -2.65. The molecule has 1 N–H and O–H groups in total.